The zero-order valence-electron chi connectivity index (χ0n) is 18.2. The Kier molecular flexibility index (Phi) is 7.05. The van der Waals surface area contributed by atoms with E-state index in [1.54, 1.807) is 18.2 Å². The van der Waals surface area contributed by atoms with Gasteiger partial charge in [0.25, 0.3) is 11.1 Å². The van der Waals surface area contributed by atoms with Crippen LogP contribution in [-0.2, 0) is 17.2 Å². The highest BCUT2D eigenvalue weighted by atomic mass is 32.2. The van der Waals surface area contributed by atoms with E-state index in [1.165, 1.54) is 41.0 Å². The molecule has 0 spiro atoms. The van der Waals surface area contributed by atoms with Crippen LogP contribution in [0.15, 0.2) is 57.5 Å². The van der Waals surface area contributed by atoms with Gasteiger partial charge < -0.3 is 9.15 Å². The Bertz CT molecular complexity index is 1270. The van der Waals surface area contributed by atoms with E-state index in [0.717, 1.165) is 16.9 Å². The molecule has 7 nitrogen and oxygen atoms in total. The number of thiazole rings is 1. The van der Waals surface area contributed by atoms with Crippen LogP contribution in [0.3, 0.4) is 0 Å². The number of thioether (sulfide) groups is 1. The van der Waals surface area contributed by atoms with Crippen LogP contribution in [0.5, 0.6) is 5.75 Å². The van der Waals surface area contributed by atoms with Gasteiger partial charge in [0.15, 0.2) is 11.7 Å². The molecular formula is C23H21FN4O3S2. The van der Waals surface area contributed by atoms with Gasteiger partial charge in [-0.15, -0.1) is 21.5 Å². The molecule has 0 aliphatic rings. The zero-order chi connectivity index (χ0) is 23.4. The van der Waals surface area contributed by atoms with Crippen LogP contribution < -0.4 is 9.64 Å². The van der Waals surface area contributed by atoms with Crippen molar-refractivity contribution in [3.63, 3.8) is 0 Å². The van der Waals surface area contributed by atoms with Crippen LogP contribution in [0.25, 0.3) is 0 Å². The number of anilines is 2. The molecule has 2 heterocycles. The third-order valence-electron chi connectivity index (χ3n) is 4.63. The summed E-state index contributed by atoms with van der Waals surface area (Å²) in [5, 5.41) is 10.7. The lowest BCUT2D eigenvalue weighted by atomic mass is 10.1. The molecule has 2 aromatic heterocycles. The molecule has 170 valence electrons. The first-order valence-electron chi connectivity index (χ1n) is 10.1. The molecule has 0 fully saturated rings. The van der Waals surface area contributed by atoms with Crippen molar-refractivity contribution in [3.8, 4) is 5.75 Å². The third kappa shape index (κ3) is 5.58. The Morgan fingerprint density at radius 1 is 1.21 bits per heavy atom. The number of rotatable bonds is 8. The summed E-state index contributed by atoms with van der Waals surface area (Å²) in [5.74, 6) is 0.806. The standard InChI is InChI=1S/C23H21FN4O3S2/c1-14-8-9-15(2)20(10-14)30-11-21-26-27-23(31-21)33-13-17-12-32-22(25-17)28(16(3)29)19-7-5-4-6-18(19)24/h4-10,12H,11,13H2,1-3H3. The average Bonchev–Trinajstić information content (AvgIpc) is 3.44. The van der Waals surface area contributed by atoms with E-state index in [-0.39, 0.29) is 18.2 Å². The Hall–Kier alpha value is -3.24. The van der Waals surface area contributed by atoms with Crippen LogP contribution >= 0.6 is 23.1 Å². The smallest absolute Gasteiger partial charge is 0.277 e. The predicted molar refractivity (Wildman–Crippen MR) is 125 cm³/mol. The summed E-state index contributed by atoms with van der Waals surface area (Å²) >= 11 is 2.59. The fourth-order valence-corrected chi connectivity index (χ4v) is 4.66. The van der Waals surface area contributed by atoms with Gasteiger partial charge >= 0.3 is 0 Å². The van der Waals surface area contributed by atoms with Crippen molar-refractivity contribution >= 4 is 39.8 Å². The number of amides is 1. The van der Waals surface area contributed by atoms with Gasteiger partial charge in [-0.05, 0) is 43.2 Å². The van der Waals surface area contributed by atoms with Gasteiger partial charge in [0.2, 0.25) is 5.91 Å². The summed E-state index contributed by atoms with van der Waals surface area (Å²) in [6, 6.07) is 12.1. The van der Waals surface area contributed by atoms with E-state index in [9.17, 15) is 9.18 Å². The maximum atomic E-state index is 14.2. The highest BCUT2D eigenvalue weighted by molar-refractivity contribution is 7.98. The summed E-state index contributed by atoms with van der Waals surface area (Å²) in [7, 11) is 0. The number of para-hydroxylation sites is 1. The van der Waals surface area contributed by atoms with E-state index in [2.05, 4.69) is 15.2 Å². The predicted octanol–water partition coefficient (Wildman–Crippen LogP) is 5.84. The van der Waals surface area contributed by atoms with Gasteiger partial charge in [0.05, 0.1) is 11.4 Å². The Morgan fingerprint density at radius 3 is 2.82 bits per heavy atom. The first-order chi connectivity index (χ1) is 15.9. The topological polar surface area (TPSA) is 81.4 Å². The van der Waals surface area contributed by atoms with Crippen molar-refractivity contribution in [2.24, 2.45) is 0 Å². The normalized spacial score (nSPS) is 10.9. The number of carbonyl (C=O) groups excluding carboxylic acids is 1. The Morgan fingerprint density at radius 2 is 2.03 bits per heavy atom. The van der Waals surface area contributed by atoms with Crippen LogP contribution in [0.1, 0.15) is 29.6 Å². The van der Waals surface area contributed by atoms with E-state index >= 15 is 0 Å². The molecular weight excluding hydrogens is 463 g/mol. The molecule has 4 rings (SSSR count). The minimum Gasteiger partial charge on any atom is -0.484 e. The van der Waals surface area contributed by atoms with Crippen molar-refractivity contribution in [1.29, 1.82) is 0 Å². The monoisotopic (exact) mass is 484 g/mol. The third-order valence-corrected chi connectivity index (χ3v) is 6.35. The summed E-state index contributed by atoms with van der Waals surface area (Å²) in [4.78, 5) is 17.9. The summed E-state index contributed by atoms with van der Waals surface area (Å²) in [6.45, 7) is 5.53. The van der Waals surface area contributed by atoms with Crippen LogP contribution in [0.4, 0.5) is 15.2 Å². The van der Waals surface area contributed by atoms with E-state index in [0.29, 0.717) is 27.7 Å². The number of nitrogens with zero attached hydrogens (tertiary/aromatic N) is 4. The molecule has 0 aliphatic heterocycles. The second-order valence-electron chi connectivity index (χ2n) is 7.24. The van der Waals surface area contributed by atoms with Gasteiger partial charge in [-0.1, -0.05) is 36.0 Å². The van der Waals surface area contributed by atoms with Gasteiger partial charge in [-0.3, -0.25) is 9.69 Å². The number of aromatic nitrogens is 3. The first kappa shape index (κ1) is 22.9. The molecule has 4 aromatic rings. The van der Waals surface area contributed by atoms with E-state index < -0.39 is 5.82 Å². The van der Waals surface area contributed by atoms with E-state index in [1.807, 2.05) is 37.4 Å². The minimum atomic E-state index is -0.486. The van der Waals surface area contributed by atoms with Gasteiger partial charge in [-0.2, -0.15) is 0 Å². The SMILES string of the molecule is CC(=O)N(c1nc(CSc2nnc(COc3cc(C)ccc3C)o2)cs1)c1ccccc1F. The molecule has 0 radical (unpaired) electrons. The van der Waals surface area contributed by atoms with Crippen LogP contribution in [0, 0.1) is 19.7 Å². The number of benzene rings is 2. The molecule has 0 bridgehead atoms. The lowest BCUT2D eigenvalue weighted by Gasteiger charge is -2.18. The molecule has 2 aromatic carbocycles. The molecule has 33 heavy (non-hydrogen) atoms. The quantitative estimate of drug-likeness (QED) is 0.291. The summed E-state index contributed by atoms with van der Waals surface area (Å²) in [6.07, 6.45) is 0. The molecule has 0 aliphatic carbocycles. The minimum absolute atomic E-state index is 0.170. The average molecular weight is 485 g/mol. The molecule has 0 saturated heterocycles. The summed E-state index contributed by atoms with van der Waals surface area (Å²) < 4.78 is 25.7. The fraction of sp³-hybridized carbons (Fsp3) is 0.217. The van der Waals surface area contributed by atoms with Crippen molar-refractivity contribution in [1.82, 2.24) is 15.2 Å². The highest BCUT2D eigenvalue weighted by Gasteiger charge is 2.21. The number of aryl methyl sites for hydroxylation is 2. The van der Waals surface area contributed by atoms with Crippen molar-refractivity contribution in [2.75, 3.05) is 4.90 Å². The van der Waals surface area contributed by atoms with Crippen molar-refractivity contribution < 1.29 is 18.3 Å². The highest BCUT2D eigenvalue weighted by Crippen LogP contribution is 2.32. The molecule has 0 unspecified atom stereocenters. The lowest BCUT2D eigenvalue weighted by Crippen LogP contribution is -2.23. The Labute approximate surface area is 198 Å². The fourth-order valence-electron chi connectivity index (χ4n) is 3.00. The largest absolute Gasteiger partial charge is 0.484 e. The second-order valence-corrected chi connectivity index (χ2v) is 9.00. The number of halogens is 1. The molecule has 0 atom stereocenters. The Balaban J connectivity index is 1.38. The maximum absolute atomic E-state index is 14.2. The first-order valence-corrected chi connectivity index (χ1v) is 11.9. The van der Waals surface area contributed by atoms with Crippen molar-refractivity contribution in [3.05, 3.63) is 76.4 Å². The zero-order valence-corrected chi connectivity index (χ0v) is 19.9. The van der Waals surface area contributed by atoms with Gasteiger partial charge in [0, 0.05) is 18.1 Å². The summed E-state index contributed by atoms with van der Waals surface area (Å²) in [5.41, 5.74) is 3.03. The van der Waals surface area contributed by atoms with Crippen LogP contribution in [0.2, 0.25) is 0 Å². The number of hydrogen-bond acceptors (Lipinski definition) is 8. The van der Waals surface area contributed by atoms with E-state index in [4.69, 9.17) is 9.15 Å². The van der Waals surface area contributed by atoms with Gasteiger partial charge in [0.1, 0.15) is 11.6 Å². The number of hydrogen-bond donors (Lipinski definition) is 0. The molecule has 0 N–H and O–H groups in total. The lowest BCUT2D eigenvalue weighted by molar-refractivity contribution is -0.115. The van der Waals surface area contributed by atoms with Crippen LogP contribution in [-0.4, -0.2) is 21.1 Å². The second kappa shape index (κ2) is 10.1. The molecule has 1 amide bonds. The van der Waals surface area contributed by atoms with Gasteiger partial charge in [-0.25, -0.2) is 9.37 Å². The maximum Gasteiger partial charge on any atom is 0.277 e. The molecule has 0 saturated carbocycles. The van der Waals surface area contributed by atoms with Crippen molar-refractivity contribution in [2.45, 2.75) is 38.4 Å². The number of ether oxygens (including phenoxy) is 1. The number of carbonyl (C=O) groups is 1. The molecule has 10 heteroatoms.